The number of hydrogen-bond acceptors (Lipinski definition) is 3. The zero-order valence-electron chi connectivity index (χ0n) is 4.87. The van der Waals surface area contributed by atoms with Gasteiger partial charge in [-0.1, -0.05) is 0 Å². The van der Waals surface area contributed by atoms with Crippen molar-refractivity contribution in [2.45, 2.75) is 12.5 Å². The quantitative estimate of drug-likeness (QED) is 0.427. The highest BCUT2D eigenvalue weighted by Gasteiger charge is 2.23. The first-order chi connectivity index (χ1) is 3.80. The molecule has 0 aromatic carbocycles. The number of nitro groups is 1. The van der Waals surface area contributed by atoms with Crippen molar-refractivity contribution in [2.24, 2.45) is 0 Å². The fraction of sp³-hybridized carbons (Fsp3) is 1.00. The molecule has 1 atom stereocenters. The second-order valence-electron chi connectivity index (χ2n) is 1.93. The Kier molecular flexibility index (Phi) is 3.49. The molecule has 1 rings (SSSR count). The lowest BCUT2D eigenvalue weighted by molar-refractivity contribution is -0.517. The molecule has 1 fully saturated rings. The highest BCUT2D eigenvalue weighted by molar-refractivity contribution is 5.85. The summed E-state index contributed by atoms with van der Waals surface area (Å²) < 4.78 is 0. The molecule has 54 valence electrons. The van der Waals surface area contributed by atoms with Crippen molar-refractivity contribution in [2.75, 3.05) is 13.1 Å². The van der Waals surface area contributed by atoms with Gasteiger partial charge in [0.1, 0.15) is 0 Å². The van der Waals surface area contributed by atoms with Gasteiger partial charge in [-0.05, 0) is 0 Å². The zero-order valence-corrected chi connectivity index (χ0v) is 5.69. The number of nitrogens with one attached hydrogen (secondary N) is 1. The predicted octanol–water partition coefficient (Wildman–Crippen LogP) is 0.0468. The Morgan fingerprint density at radius 1 is 1.67 bits per heavy atom. The van der Waals surface area contributed by atoms with Crippen LogP contribution in [0.15, 0.2) is 0 Å². The fourth-order valence-corrected chi connectivity index (χ4v) is 0.819. The van der Waals surface area contributed by atoms with E-state index in [-0.39, 0.29) is 23.4 Å². The average molecular weight is 153 g/mol. The summed E-state index contributed by atoms with van der Waals surface area (Å²) in [5, 5.41) is 12.9. The molecular weight excluding hydrogens is 144 g/mol. The maximum atomic E-state index is 9.97. The van der Waals surface area contributed by atoms with E-state index in [1.807, 2.05) is 0 Å². The molecule has 1 saturated heterocycles. The second-order valence-corrected chi connectivity index (χ2v) is 1.93. The van der Waals surface area contributed by atoms with Gasteiger partial charge < -0.3 is 5.32 Å². The molecule has 1 N–H and O–H groups in total. The Bertz CT molecular complexity index is 103. The van der Waals surface area contributed by atoms with Crippen LogP contribution in [-0.4, -0.2) is 24.1 Å². The van der Waals surface area contributed by atoms with Crippen LogP contribution in [-0.2, 0) is 0 Å². The third kappa shape index (κ3) is 2.15. The smallest absolute Gasteiger partial charge is 0.226 e. The molecule has 0 aliphatic carbocycles. The van der Waals surface area contributed by atoms with Crippen LogP contribution in [0.4, 0.5) is 0 Å². The third-order valence-electron chi connectivity index (χ3n) is 1.33. The lowest BCUT2D eigenvalue weighted by Gasteiger charge is -1.94. The summed E-state index contributed by atoms with van der Waals surface area (Å²) in [5.74, 6) is 0. The van der Waals surface area contributed by atoms with Gasteiger partial charge in [-0.3, -0.25) is 10.1 Å². The lowest BCUT2D eigenvalue weighted by atomic mass is 10.3. The van der Waals surface area contributed by atoms with Crippen LogP contribution in [0, 0.1) is 10.1 Å². The molecule has 0 spiro atoms. The van der Waals surface area contributed by atoms with E-state index in [0.29, 0.717) is 13.0 Å². The molecule has 0 aromatic rings. The molecule has 0 radical (unpaired) electrons. The molecule has 0 saturated carbocycles. The van der Waals surface area contributed by atoms with Gasteiger partial charge in [-0.25, -0.2) is 0 Å². The summed E-state index contributed by atoms with van der Waals surface area (Å²) >= 11 is 0. The van der Waals surface area contributed by atoms with E-state index in [4.69, 9.17) is 0 Å². The minimum atomic E-state index is -0.324. The zero-order chi connectivity index (χ0) is 5.98. The topological polar surface area (TPSA) is 55.2 Å². The van der Waals surface area contributed by atoms with Crippen LogP contribution >= 0.6 is 12.4 Å². The first-order valence-corrected chi connectivity index (χ1v) is 2.65. The predicted molar refractivity (Wildman–Crippen MR) is 35.5 cm³/mol. The molecular formula is C4H9ClN2O2. The van der Waals surface area contributed by atoms with Gasteiger partial charge in [0.05, 0.1) is 6.54 Å². The summed E-state index contributed by atoms with van der Waals surface area (Å²) in [4.78, 5) is 9.74. The van der Waals surface area contributed by atoms with Crippen molar-refractivity contribution in [1.29, 1.82) is 0 Å². The Morgan fingerprint density at radius 2 is 2.33 bits per heavy atom. The Labute approximate surface area is 59.2 Å². The van der Waals surface area contributed by atoms with Crippen molar-refractivity contribution in [3.8, 4) is 0 Å². The maximum absolute atomic E-state index is 9.97. The third-order valence-corrected chi connectivity index (χ3v) is 1.33. The molecule has 0 amide bonds. The van der Waals surface area contributed by atoms with Gasteiger partial charge in [-0.2, -0.15) is 0 Å². The first-order valence-electron chi connectivity index (χ1n) is 2.65. The van der Waals surface area contributed by atoms with Crippen molar-refractivity contribution >= 4 is 12.4 Å². The summed E-state index contributed by atoms with van der Waals surface area (Å²) in [6.45, 7) is 1.35. The summed E-state index contributed by atoms with van der Waals surface area (Å²) in [5.41, 5.74) is 0. The Balaban J connectivity index is 0.000000640. The molecule has 0 aromatic heterocycles. The molecule has 1 aliphatic heterocycles. The standard InChI is InChI=1S/C4H8N2O2.ClH/c7-6(8)4-1-2-5-3-4;/h4-5H,1-3H2;1H. The second kappa shape index (κ2) is 3.63. The molecule has 1 unspecified atom stereocenters. The number of halogens is 1. The van der Waals surface area contributed by atoms with Crippen LogP contribution in [0.1, 0.15) is 6.42 Å². The lowest BCUT2D eigenvalue weighted by Crippen LogP contribution is -2.21. The van der Waals surface area contributed by atoms with E-state index in [1.54, 1.807) is 0 Å². The van der Waals surface area contributed by atoms with Gasteiger partial charge >= 0.3 is 0 Å². The minimum Gasteiger partial charge on any atom is -0.310 e. The largest absolute Gasteiger partial charge is 0.310 e. The van der Waals surface area contributed by atoms with Crippen molar-refractivity contribution in [1.82, 2.24) is 5.32 Å². The number of nitrogens with zero attached hydrogens (tertiary/aromatic N) is 1. The molecule has 1 heterocycles. The van der Waals surface area contributed by atoms with E-state index >= 15 is 0 Å². The summed E-state index contributed by atoms with van der Waals surface area (Å²) in [7, 11) is 0. The Hall–Kier alpha value is -0.350. The first kappa shape index (κ1) is 8.65. The minimum absolute atomic E-state index is 0. The average Bonchev–Trinajstić information content (AvgIpc) is 2.12. The normalized spacial score (nSPS) is 25.1. The van der Waals surface area contributed by atoms with Crippen LogP contribution in [0.5, 0.6) is 0 Å². The number of hydrogen-bond donors (Lipinski definition) is 1. The van der Waals surface area contributed by atoms with E-state index in [0.717, 1.165) is 6.54 Å². The van der Waals surface area contributed by atoms with Crippen molar-refractivity contribution in [3.63, 3.8) is 0 Å². The molecule has 0 bridgehead atoms. The van der Waals surface area contributed by atoms with Crippen molar-refractivity contribution < 1.29 is 4.92 Å². The van der Waals surface area contributed by atoms with Crippen LogP contribution < -0.4 is 5.32 Å². The van der Waals surface area contributed by atoms with Crippen LogP contribution in [0.2, 0.25) is 0 Å². The summed E-state index contributed by atoms with van der Waals surface area (Å²) in [6, 6.07) is -0.324. The van der Waals surface area contributed by atoms with Crippen LogP contribution in [0.25, 0.3) is 0 Å². The monoisotopic (exact) mass is 152 g/mol. The van der Waals surface area contributed by atoms with Gasteiger partial charge in [-0.15, -0.1) is 12.4 Å². The SMILES string of the molecule is Cl.O=[N+]([O-])C1CCNC1. The van der Waals surface area contributed by atoms with Crippen LogP contribution in [0.3, 0.4) is 0 Å². The van der Waals surface area contributed by atoms with Gasteiger partial charge in [0, 0.05) is 17.9 Å². The number of rotatable bonds is 1. The van der Waals surface area contributed by atoms with E-state index in [2.05, 4.69) is 5.32 Å². The van der Waals surface area contributed by atoms with Gasteiger partial charge in [0.25, 0.3) is 0 Å². The fourth-order valence-electron chi connectivity index (χ4n) is 0.819. The van der Waals surface area contributed by atoms with E-state index < -0.39 is 0 Å². The molecule has 9 heavy (non-hydrogen) atoms. The summed E-state index contributed by atoms with van der Waals surface area (Å²) in [6.07, 6.45) is 0.688. The highest BCUT2D eigenvalue weighted by atomic mass is 35.5. The maximum Gasteiger partial charge on any atom is 0.226 e. The molecule has 1 aliphatic rings. The van der Waals surface area contributed by atoms with E-state index in [9.17, 15) is 10.1 Å². The van der Waals surface area contributed by atoms with Crippen molar-refractivity contribution in [3.05, 3.63) is 10.1 Å². The molecule has 5 heteroatoms. The van der Waals surface area contributed by atoms with Gasteiger partial charge in [0.15, 0.2) is 0 Å². The highest BCUT2D eigenvalue weighted by Crippen LogP contribution is 1.99. The van der Waals surface area contributed by atoms with E-state index in [1.165, 1.54) is 0 Å². The van der Waals surface area contributed by atoms with Gasteiger partial charge in [0.2, 0.25) is 6.04 Å². The molecule has 4 nitrogen and oxygen atoms in total. The Morgan fingerprint density at radius 3 is 2.56 bits per heavy atom.